The maximum absolute atomic E-state index is 11.9. The Morgan fingerprint density at radius 2 is 2.11 bits per heavy atom. The van der Waals surface area contributed by atoms with Gasteiger partial charge in [0.15, 0.2) is 6.29 Å². The summed E-state index contributed by atoms with van der Waals surface area (Å²) in [7, 11) is 1.71. The molecule has 27 heavy (non-hydrogen) atoms. The number of fused-ring (bicyclic) bond motifs is 1. The normalized spacial score (nSPS) is 19.6. The highest BCUT2D eigenvalue weighted by molar-refractivity contribution is 6.33. The molecule has 7 nitrogen and oxygen atoms in total. The summed E-state index contributed by atoms with van der Waals surface area (Å²) in [6.45, 7) is 4.05. The Labute approximate surface area is 162 Å². The maximum Gasteiger partial charge on any atom is 0.352 e. The van der Waals surface area contributed by atoms with Gasteiger partial charge in [-0.1, -0.05) is 24.6 Å². The van der Waals surface area contributed by atoms with Crippen LogP contribution in [0.3, 0.4) is 0 Å². The number of aromatic nitrogens is 1. The van der Waals surface area contributed by atoms with Crippen LogP contribution in [0.15, 0.2) is 17.2 Å². The van der Waals surface area contributed by atoms with E-state index in [0.29, 0.717) is 10.6 Å². The number of carboxylic acids is 1. The van der Waals surface area contributed by atoms with Crippen LogP contribution >= 0.6 is 11.6 Å². The summed E-state index contributed by atoms with van der Waals surface area (Å²) in [5, 5.41) is 34.0. The quantitative estimate of drug-likeness (QED) is 0.564. The van der Waals surface area contributed by atoms with Crippen molar-refractivity contribution in [2.45, 2.75) is 51.4 Å². The second kappa shape index (κ2) is 7.50. The molecule has 0 radical (unpaired) electrons. The number of carboxylic acid groups (broad SMARTS) is 1. The maximum atomic E-state index is 11.9. The van der Waals surface area contributed by atoms with Crippen molar-refractivity contribution in [3.05, 3.63) is 34.0 Å². The van der Waals surface area contributed by atoms with Crippen LogP contribution in [0.5, 0.6) is 0 Å². The van der Waals surface area contributed by atoms with E-state index in [1.165, 1.54) is 0 Å². The summed E-state index contributed by atoms with van der Waals surface area (Å²) < 4.78 is 1.65. The van der Waals surface area contributed by atoms with Gasteiger partial charge in [-0.3, -0.25) is 0 Å². The van der Waals surface area contributed by atoms with Gasteiger partial charge in [-0.15, -0.1) is 0 Å². The number of nitrogens with one attached hydrogen (secondary N) is 1. The minimum atomic E-state index is -1.49. The number of aromatic carboxylic acids is 1. The first-order chi connectivity index (χ1) is 12.8. The minimum Gasteiger partial charge on any atom is -0.477 e. The lowest BCUT2D eigenvalue weighted by Gasteiger charge is -2.20. The molecule has 0 saturated carbocycles. The highest BCUT2D eigenvalue weighted by Gasteiger charge is 2.34. The van der Waals surface area contributed by atoms with Crippen LogP contribution in [0.2, 0.25) is 5.02 Å². The number of nitrogens with zero attached hydrogens (tertiary/aromatic N) is 2. The highest BCUT2D eigenvalue weighted by atomic mass is 35.5. The van der Waals surface area contributed by atoms with Crippen molar-refractivity contribution in [2.24, 2.45) is 12.1 Å². The van der Waals surface area contributed by atoms with Crippen molar-refractivity contribution >= 4 is 34.2 Å². The number of carbonyl (C=O) groups is 1. The Bertz CT molecular complexity index is 920. The number of benzene rings is 1. The topological polar surface area (TPSA) is 107 Å². The molecule has 1 aromatic carbocycles. The summed E-state index contributed by atoms with van der Waals surface area (Å²) in [4.78, 5) is 11.9. The average Bonchev–Trinajstić information content (AvgIpc) is 3.11. The molecule has 3 rings (SSSR count). The zero-order valence-corrected chi connectivity index (χ0v) is 16.3. The minimum absolute atomic E-state index is 0.0361. The summed E-state index contributed by atoms with van der Waals surface area (Å²) in [6, 6.07) is 3.62. The van der Waals surface area contributed by atoms with Gasteiger partial charge in [0, 0.05) is 41.1 Å². The molecule has 8 heteroatoms. The number of halogens is 1. The van der Waals surface area contributed by atoms with Gasteiger partial charge in [-0.2, -0.15) is 5.10 Å². The molecule has 0 fully saturated rings. The van der Waals surface area contributed by atoms with Gasteiger partial charge in [-0.05, 0) is 31.4 Å². The van der Waals surface area contributed by atoms with Gasteiger partial charge in [0.1, 0.15) is 5.69 Å². The summed E-state index contributed by atoms with van der Waals surface area (Å²) in [6.07, 6.45) is -0.439. The molecule has 0 bridgehead atoms. The van der Waals surface area contributed by atoms with Crippen molar-refractivity contribution in [3.8, 4) is 0 Å². The Morgan fingerprint density at radius 3 is 2.70 bits per heavy atom. The first-order valence-electron chi connectivity index (χ1n) is 8.98. The van der Waals surface area contributed by atoms with Crippen molar-refractivity contribution < 1.29 is 20.1 Å². The standard InChI is InChI=1S/C19H24ClN3O4/c1-4-13-15(9(2)21-22-13)16-12(20)7-5-10-11(6-8-14(24)25)18(19(26)27)23(3)17(10)16/h5,7,9,14-15,21,24-25H,4,6,8H2,1-3H3,(H,26,27)/t9?,15-/m0/s1. The molecular weight excluding hydrogens is 370 g/mol. The zero-order valence-electron chi connectivity index (χ0n) is 15.5. The predicted octanol–water partition coefficient (Wildman–Crippen LogP) is 2.61. The van der Waals surface area contributed by atoms with Gasteiger partial charge >= 0.3 is 5.97 Å². The molecule has 0 spiro atoms. The fourth-order valence-corrected chi connectivity index (χ4v) is 4.33. The molecule has 2 atom stereocenters. The van der Waals surface area contributed by atoms with E-state index in [0.717, 1.165) is 28.6 Å². The van der Waals surface area contributed by atoms with E-state index in [-0.39, 0.29) is 30.5 Å². The fourth-order valence-electron chi connectivity index (χ4n) is 4.06. The van der Waals surface area contributed by atoms with E-state index in [4.69, 9.17) is 11.6 Å². The van der Waals surface area contributed by atoms with Gasteiger partial charge in [0.2, 0.25) is 0 Å². The van der Waals surface area contributed by atoms with E-state index in [2.05, 4.69) is 10.5 Å². The van der Waals surface area contributed by atoms with Gasteiger partial charge in [0.05, 0.1) is 11.6 Å². The monoisotopic (exact) mass is 393 g/mol. The second-order valence-electron chi connectivity index (χ2n) is 6.92. The molecule has 0 amide bonds. The van der Waals surface area contributed by atoms with Crippen molar-refractivity contribution in [1.82, 2.24) is 9.99 Å². The second-order valence-corrected chi connectivity index (χ2v) is 7.33. The van der Waals surface area contributed by atoms with E-state index in [9.17, 15) is 20.1 Å². The number of aryl methyl sites for hydroxylation is 2. The first kappa shape index (κ1) is 19.7. The molecule has 0 aliphatic carbocycles. The van der Waals surface area contributed by atoms with Crippen LogP contribution in [0.4, 0.5) is 0 Å². The highest BCUT2D eigenvalue weighted by Crippen LogP contribution is 2.40. The predicted molar refractivity (Wildman–Crippen MR) is 104 cm³/mol. The average molecular weight is 394 g/mol. The number of hydrogen-bond acceptors (Lipinski definition) is 5. The van der Waals surface area contributed by atoms with E-state index >= 15 is 0 Å². The Kier molecular flexibility index (Phi) is 5.46. The largest absolute Gasteiger partial charge is 0.477 e. The Hall–Kier alpha value is -2.09. The van der Waals surface area contributed by atoms with Gasteiger partial charge in [-0.25, -0.2) is 4.79 Å². The molecule has 0 saturated heterocycles. The van der Waals surface area contributed by atoms with E-state index < -0.39 is 12.3 Å². The van der Waals surface area contributed by atoms with Crippen LogP contribution in [-0.4, -0.2) is 43.9 Å². The number of hydrazone groups is 1. The lowest BCUT2D eigenvalue weighted by Crippen LogP contribution is -2.25. The molecular formula is C19H24ClN3O4. The summed E-state index contributed by atoms with van der Waals surface area (Å²) in [5.74, 6) is -1.11. The molecule has 4 N–H and O–H groups in total. The van der Waals surface area contributed by atoms with Crippen LogP contribution in [0.1, 0.15) is 54.2 Å². The fraction of sp³-hybridized carbons (Fsp3) is 0.474. The van der Waals surface area contributed by atoms with Gasteiger partial charge in [0.25, 0.3) is 0 Å². The molecule has 2 heterocycles. The van der Waals surface area contributed by atoms with E-state index in [1.807, 2.05) is 19.9 Å². The third-order valence-corrected chi connectivity index (χ3v) is 5.57. The number of aliphatic hydroxyl groups is 2. The molecule has 146 valence electrons. The van der Waals surface area contributed by atoms with Gasteiger partial charge < -0.3 is 25.3 Å². The smallest absolute Gasteiger partial charge is 0.352 e. The Morgan fingerprint density at radius 1 is 1.41 bits per heavy atom. The SMILES string of the molecule is CCC1=NNC(C)[C@@H]1c1c(Cl)ccc2c(CCC(O)O)c(C(=O)O)n(C)c12. The number of rotatable bonds is 6. The molecule has 1 unspecified atom stereocenters. The van der Waals surface area contributed by atoms with Crippen LogP contribution < -0.4 is 5.43 Å². The van der Waals surface area contributed by atoms with Crippen molar-refractivity contribution in [1.29, 1.82) is 0 Å². The molecule has 2 aromatic rings. The molecule has 1 aromatic heterocycles. The van der Waals surface area contributed by atoms with Crippen LogP contribution in [0, 0.1) is 0 Å². The van der Waals surface area contributed by atoms with Crippen molar-refractivity contribution in [3.63, 3.8) is 0 Å². The third kappa shape index (κ3) is 3.31. The third-order valence-electron chi connectivity index (χ3n) is 5.24. The van der Waals surface area contributed by atoms with Crippen LogP contribution in [-0.2, 0) is 13.5 Å². The summed E-state index contributed by atoms with van der Waals surface area (Å²) >= 11 is 6.59. The summed E-state index contributed by atoms with van der Waals surface area (Å²) in [5.41, 5.74) is 6.41. The first-order valence-corrected chi connectivity index (χ1v) is 9.36. The van der Waals surface area contributed by atoms with Crippen LogP contribution in [0.25, 0.3) is 10.9 Å². The lowest BCUT2D eigenvalue weighted by atomic mass is 9.86. The molecule has 1 aliphatic heterocycles. The Balaban J connectivity index is 2.30. The molecule has 1 aliphatic rings. The van der Waals surface area contributed by atoms with Crippen molar-refractivity contribution in [2.75, 3.05) is 0 Å². The van der Waals surface area contributed by atoms with E-state index in [1.54, 1.807) is 17.7 Å². The zero-order chi connectivity index (χ0) is 19.9. The lowest BCUT2D eigenvalue weighted by molar-refractivity contribution is -0.0447. The number of hydrogen-bond donors (Lipinski definition) is 4. The number of aliphatic hydroxyl groups excluding tert-OH is 1.